The normalized spacial score (nSPS) is 20.1. The standard InChI is InChI=1S/C18H23N3O4/c1-2-25-18(24)16-15(21-16)17(23)20-13(14(22)9-6-10-19)11-12-7-4-3-5-8-12/h3-9,13,15-16,21H,2,10-11,19H2,1H3,(H,20,23)/t13-,15-,16-/m0/s1. The quantitative estimate of drug-likeness (QED) is 0.321. The highest BCUT2D eigenvalue weighted by Crippen LogP contribution is 2.14. The Hall–Kier alpha value is -2.51. The lowest BCUT2D eigenvalue weighted by atomic mass is 10.0. The number of benzene rings is 1. The summed E-state index contributed by atoms with van der Waals surface area (Å²) < 4.78 is 4.87. The molecule has 0 saturated carbocycles. The van der Waals surface area contributed by atoms with E-state index < -0.39 is 30.0 Å². The minimum absolute atomic E-state index is 0.240. The van der Waals surface area contributed by atoms with E-state index in [-0.39, 0.29) is 18.9 Å². The molecule has 1 heterocycles. The van der Waals surface area contributed by atoms with Gasteiger partial charge < -0.3 is 15.8 Å². The van der Waals surface area contributed by atoms with Crippen LogP contribution in [-0.2, 0) is 25.5 Å². The SMILES string of the molecule is CCOC(=O)[C@H]1N[C@@H]1C(=O)N[C@@H](Cc1ccccc1)C(=O)C=CCN. The van der Waals surface area contributed by atoms with Crippen molar-refractivity contribution in [1.29, 1.82) is 0 Å². The molecule has 0 spiro atoms. The molecule has 134 valence electrons. The number of hydrogen-bond acceptors (Lipinski definition) is 6. The summed E-state index contributed by atoms with van der Waals surface area (Å²) in [4.78, 5) is 36.3. The summed E-state index contributed by atoms with van der Waals surface area (Å²) in [5.74, 6) is -1.10. The predicted molar refractivity (Wildman–Crippen MR) is 92.6 cm³/mol. The van der Waals surface area contributed by atoms with Gasteiger partial charge in [-0.25, -0.2) is 0 Å². The van der Waals surface area contributed by atoms with Gasteiger partial charge in [-0.1, -0.05) is 36.4 Å². The fraction of sp³-hybridized carbons (Fsp3) is 0.389. The monoisotopic (exact) mass is 345 g/mol. The van der Waals surface area contributed by atoms with Crippen LogP contribution in [0.3, 0.4) is 0 Å². The van der Waals surface area contributed by atoms with Crippen molar-refractivity contribution in [2.24, 2.45) is 5.73 Å². The van der Waals surface area contributed by atoms with Gasteiger partial charge in [0, 0.05) is 13.0 Å². The Balaban J connectivity index is 2.00. The topological polar surface area (TPSA) is 120 Å². The molecule has 1 fully saturated rings. The lowest BCUT2D eigenvalue weighted by Gasteiger charge is -2.16. The van der Waals surface area contributed by atoms with Crippen LogP contribution in [0.4, 0.5) is 0 Å². The van der Waals surface area contributed by atoms with Crippen molar-refractivity contribution < 1.29 is 19.1 Å². The molecule has 1 aromatic carbocycles. The van der Waals surface area contributed by atoms with Gasteiger partial charge in [0.25, 0.3) is 0 Å². The molecule has 7 nitrogen and oxygen atoms in total. The molecule has 1 aromatic rings. The molecule has 25 heavy (non-hydrogen) atoms. The molecule has 1 aliphatic heterocycles. The lowest BCUT2D eigenvalue weighted by molar-refractivity contribution is -0.143. The Morgan fingerprint density at radius 1 is 1.28 bits per heavy atom. The van der Waals surface area contributed by atoms with Crippen LogP contribution < -0.4 is 16.4 Å². The summed E-state index contributed by atoms with van der Waals surface area (Å²) in [7, 11) is 0. The third-order valence-corrected chi connectivity index (χ3v) is 3.77. The third-order valence-electron chi connectivity index (χ3n) is 3.77. The van der Waals surface area contributed by atoms with Crippen molar-refractivity contribution >= 4 is 17.7 Å². The Bertz CT molecular complexity index is 645. The van der Waals surface area contributed by atoms with E-state index in [2.05, 4.69) is 10.6 Å². The predicted octanol–water partition coefficient (Wildman–Crippen LogP) is -0.299. The zero-order valence-corrected chi connectivity index (χ0v) is 14.1. The second-order valence-electron chi connectivity index (χ2n) is 5.67. The van der Waals surface area contributed by atoms with Crippen molar-refractivity contribution in [1.82, 2.24) is 10.6 Å². The van der Waals surface area contributed by atoms with Crippen LogP contribution in [-0.4, -0.2) is 48.9 Å². The maximum Gasteiger partial charge on any atom is 0.325 e. The molecule has 0 aliphatic carbocycles. The summed E-state index contributed by atoms with van der Waals surface area (Å²) >= 11 is 0. The van der Waals surface area contributed by atoms with Gasteiger partial charge in [0.2, 0.25) is 5.91 Å². The van der Waals surface area contributed by atoms with Crippen LogP contribution >= 0.6 is 0 Å². The first kappa shape index (κ1) is 18.8. The first-order chi connectivity index (χ1) is 12.1. The maximum atomic E-state index is 12.3. The van der Waals surface area contributed by atoms with Gasteiger partial charge in [-0.3, -0.25) is 19.7 Å². The first-order valence-electron chi connectivity index (χ1n) is 8.24. The van der Waals surface area contributed by atoms with Crippen molar-refractivity contribution in [3.8, 4) is 0 Å². The van der Waals surface area contributed by atoms with E-state index in [1.54, 1.807) is 13.0 Å². The highest BCUT2D eigenvalue weighted by atomic mass is 16.5. The smallest absolute Gasteiger partial charge is 0.325 e. The molecular weight excluding hydrogens is 322 g/mol. The van der Waals surface area contributed by atoms with E-state index in [9.17, 15) is 14.4 Å². The van der Waals surface area contributed by atoms with E-state index in [0.717, 1.165) is 5.56 Å². The van der Waals surface area contributed by atoms with Gasteiger partial charge in [-0.05, 0) is 18.6 Å². The number of nitrogens with two attached hydrogens (primary N) is 1. The van der Waals surface area contributed by atoms with E-state index in [4.69, 9.17) is 10.5 Å². The average Bonchev–Trinajstić information content (AvgIpc) is 3.41. The number of carbonyl (C=O) groups is 3. The van der Waals surface area contributed by atoms with Gasteiger partial charge in [-0.15, -0.1) is 0 Å². The Morgan fingerprint density at radius 2 is 2.00 bits per heavy atom. The molecule has 2 rings (SSSR count). The highest BCUT2D eigenvalue weighted by molar-refractivity contribution is 6.00. The number of amides is 1. The zero-order chi connectivity index (χ0) is 18.2. The molecule has 1 aliphatic rings. The fourth-order valence-electron chi connectivity index (χ4n) is 2.44. The zero-order valence-electron chi connectivity index (χ0n) is 14.1. The number of hydrogen-bond donors (Lipinski definition) is 3. The van der Waals surface area contributed by atoms with E-state index in [0.29, 0.717) is 6.42 Å². The molecule has 1 saturated heterocycles. The molecule has 0 aromatic heterocycles. The molecule has 3 atom stereocenters. The van der Waals surface area contributed by atoms with Crippen LogP contribution in [0.25, 0.3) is 0 Å². The molecule has 0 radical (unpaired) electrons. The lowest BCUT2D eigenvalue weighted by Crippen LogP contribution is -2.44. The van der Waals surface area contributed by atoms with Gasteiger partial charge >= 0.3 is 5.97 Å². The van der Waals surface area contributed by atoms with Crippen LogP contribution in [0.5, 0.6) is 0 Å². The van der Waals surface area contributed by atoms with E-state index in [1.165, 1.54) is 6.08 Å². The third kappa shape index (κ3) is 5.51. The Kier molecular flexibility index (Phi) is 6.85. The summed E-state index contributed by atoms with van der Waals surface area (Å²) in [6.45, 7) is 2.20. The Labute approximate surface area is 146 Å². The highest BCUT2D eigenvalue weighted by Gasteiger charge is 2.49. The maximum absolute atomic E-state index is 12.3. The number of ether oxygens (including phenoxy) is 1. The summed E-state index contributed by atoms with van der Waals surface area (Å²) in [6.07, 6.45) is 3.28. The molecular formula is C18H23N3O4. The van der Waals surface area contributed by atoms with Crippen LogP contribution in [0, 0.1) is 0 Å². The van der Waals surface area contributed by atoms with Crippen molar-refractivity contribution in [3.05, 3.63) is 48.0 Å². The fourth-order valence-corrected chi connectivity index (χ4v) is 2.44. The number of ketones is 1. The summed E-state index contributed by atoms with van der Waals surface area (Å²) in [6, 6.07) is 7.36. The van der Waals surface area contributed by atoms with Crippen molar-refractivity contribution in [2.75, 3.05) is 13.2 Å². The van der Waals surface area contributed by atoms with Gasteiger partial charge in [0.15, 0.2) is 5.78 Å². The molecule has 7 heteroatoms. The van der Waals surface area contributed by atoms with Gasteiger partial charge in [0.1, 0.15) is 12.1 Å². The molecule has 4 N–H and O–H groups in total. The minimum atomic E-state index is -0.719. The molecule has 0 unspecified atom stereocenters. The average molecular weight is 345 g/mol. The van der Waals surface area contributed by atoms with Crippen LogP contribution in [0.2, 0.25) is 0 Å². The number of esters is 1. The largest absolute Gasteiger partial charge is 0.465 e. The first-order valence-corrected chi connectivity index (χ1v) is 8.24. The van der Waals surface area contributed by atoms with Crippen molar-refractivity contribution in [3.63, 3.8) is 0 Å². The number of carbonyl (C=O) groups excluding carboxylic acids is 3. The summed E-state index contributed by atoms with van der Waals surface area (Å²) in [5.41, 5.74) is 6.31. The molecule has 1 amide bonds. The number of nitrogens with one attached hydrogen (secondary N) is 2. The number of rotatable bonds is 9. The van der Waals surface area contributed by atoms with Gasteiger partial charge in [-0.2, -0.15) is 0 Å². The van der Waals surface area contributed by atoms with E-state index in [1.807, 2.05) is 30.3 Å². The van der Waals surface area contributed by atoms with Gasteiger partial charge in [0.05, 0.1) is 12.6 Å². The Morgan fingerprint density at radius 3 is 2.64 bits per heavy atom. The molecule has 0 bridgehead atoms. The summed E-state index contributed by atoms with van der Waals surface area (Å²) in [5, 5.41) is 5.48. The van der Waals surface area contributed by atoms with Crippen molar-refractivity contribution in [2.45, 2.75) is 31.5 Å². The second kappa shape index (κ2) is 9.10. The van der Waals surface area contributed by atoms with Crippen LogP contribution in [0.1, 0.15) is 12.5 Å². The minimum Gasteiger partial charge on any atom is -0.465 e. The second-order valence-corrected chi connectivity index (χ2v) is 5.67. The van der Waals surface area contributed by atoms with E-state index >= 15 is 0 Å². The van der Waals surface area contributed by atoms with Crippen LogP contribution in [0.15, 0.2) is 42.5 Å².